The van der Waals surface area contributed by atoms with E-state index in [9.17, 15) is 14.4 Å². The molecule has 1 aromatic carbocycles. The van der Waals surface area contributed by atoms with Gasteiger partial charge in [0.2, 0.25) is 0 Å². The molecule has 0 aliphatic carbocycles. The van der Waals surface area contributed by atoms with E-state index in [1.165, 1.54) is 41.1 Å². The van der Waals surface area contributed by atoms with Crippen LogP contribution in [0.1, 0.15) is 20.7 Å². The van der Waals surface area contributed by atoms with E-state index in [2.05, 4.69) is 5.32 Å². The van der Waals surface area contributed by atoms with Crippen molar-refractivity contribution in [2.24, 2.45) is 7.05 Å². The maximum Gasteiger partial charge on any atom is 0.337 e. The van der Waals surface area contributed by atoms with Gasteiger partial charge in [0.05, 0.1) is 11.3 Å². The smallest absolute Gasteiger partial charge is 0.337 e. The fourth-order valence-electron chi connectivity index (χ4n) is 1.69. The van der Waals surface area contributed by atoms with Crippen LogP contribution in [0.4, 0.5) is 5.69 Å². The molecule has 2 aromatic rings. The Balaban J connectivity index is 2.33. The molecule has 0 aliphatic rings. The van der Waals surface area contributed by atoms with Crippen molar-refractivity contribution in [1.29, 1.82) is 0 Å². The third-order valence-corrected chi connectivity index (χ3v) is 3.06. The third-order valence-electron chi connectivity index (χ3n) is 2.83. The van der Waals surface area contributed by atoms with E-state index in [0.29, 0.717) is 0 Å². The van der Waals surface area contributed by atoms with E-state index in [1.807, 2.05) is 0 Å². The summed E-state index contributed by atoms with van der Waals surface area (Å²) in [6.07, 6.45) is 1.46. The van der Waals surface area contributed by atoms with Gasteiger partial charge in [0.1, 0.15) is 0 Å². The fraction of sp³-hybridized carbons (Fsp3) is 0.0714. The second-order valence-corrected chi connectivity index (χ2v) is 4.75. The molecular formula is C14H11ClN2O4. The minimum atomic E-state index is -1.21. The van der Waals surface area contributed by atoms with Gasteiger partial charge in [-0.05, 0) is 24.3 Å². The monoisotopic (exact) mass is 306 g/mol. The minimum absolute atomic E-state index is 0.109. The molecule has 1 heterocycles. The molecule has 0 saturated heterocycles. The number of carbonyl (C=O) groups excluding carboxylic acids is 1. The molecule has 1 aromatic heterocycles. The van der Waals surface area contributed by atoms with Gasteiger partial charge in [0.25, 0.3) is 11.5 Å². The Bertz CT molecular complexity index is 783. The summed E-state index contributed by atoms with van der Waals surface area (Å²) in [7, 11) is 1.56. The molecule has 21 heavy (non-hydrogen) atoms. The molecule has 1 amide bonds. The van der Waals surface area contributed by atoms with Crippen molar-refractivity contribution in [3.05, 3.63) is 63.0 Å². The first-order chi connectivity index (χ1) is 9.88. The Morgan fingerprint density at radius 2 is 1.95 bits per heavy atom. The van der Waals surface area contributed by atoms with Gasteiger partial charge in [-0.2, -0.15) is 0 Å². The number of nitrogens with zero attached hydrogens (tertiary/aromatic N) is 1. The van der Waals surface area contributed by atoms with Crippen LogP contribution in [0.15, 0.2) is 41.3 Å². The van der Waals surface area contributed by atoms with E-state index in [0.717, 1.165) is 0 Å². The number of hydrogen-bond acceptors (Lipinski definition) is 3. The summed E-state index contributed by atoms with van der Waals surface area (Å²) in [5, 5.41) is 11.8. The molecule has 2 rings (SSSR count). The maximum absolute atomic E-state index is 12.1. The number of anilines is 1. The Morgan fingerprint density at radius 1 is 1.24 bits per heavy atom. The Kier molecular flexibility index (Phi) is 4.09. The second-order valence-electron chi connectivity index (χ2n) is 4.31. The number of nitrogens with one attached hydrogen (secondary N) is 1. The van der Waals surface area contributed by atoms with Crippen molar-refractivity contribution < 1.29 is 14.7 Å². The lowest BCUT2D eigenvalue weighted by Crippen LogP contribution is -2.20. The fourth-order valence-corrected chi connectivity index (χ4v) is 1.86. The summed E-state index contributed by atoms with van der Waals surface area (Å²) >= 11 is 5.73. The number of rotatable bonds is 3. The SMILES string of the molecule is Cn1ccc(C(=O)Nc2ccc(Cl)cc2C(=O)O)cc1=O. The summed E-state index contributed by atoms with van der Waals surface area (Å²) in [6.45, 7) is 0. The van der Waals surface area contributed by atoms with Crippen LogP contribution >= 0.6 is 11.6 Å². The molecule has 0 bridgehead atoms. The molecule has 0 radical (unpaired) electrons. The molecule has 0 aliphatic heterocycles. The first-order valence-corrected chi connectivity index (χ1v) is 6.27. The number of pyridine rings is 1. The molecule has 2 N–H and O–H groups in total. The molecule has 108 valence electrons. The standard InChI is InChI=1S/C14H11ClN2O4/c1-17-5-4-8(6-12(17)18)13(19)16-11-3-2-9(15)7-10(11)14(20)21/h2-7H,1H3,(H,16,19)(H,20,21). The number of halogens is 1. The van der Waals surface area contributed by atoms with Crippen molar-refractivity contribution in [3.8, 4) is 0 Å². The van der Waals surface area contributed by atoms with E-state index in [-0.39, 0.29) is 27.4 Å². The summed E-state index contributed by atoms with van der Waals surface area (Å²) < 4.78 is 1.32. The maximum atomic E-state index is 12.1. The summed E-state index contributed by atoms with van der Waals surface area (Å²) in [5.41, 5.74) is -0.209. The van der Waals surface area contributed by atoms with E-state index < -0.39 is 11.9 Å². The molecule has 0 fully saturated rings. The number of amides is 1. The predicted molar refractivity (Wildman–Crippen MR) is 78.0 cm³/mol. The normalized spacial score (nSPS) is 10.2. The Hall–Kier alpha value is -2.60. The predicted octanol–water partition coefficient (Wildman–Crippen LogP) is 1.99. The zero-order chi connectivity index (χ0) is 15.6. The number of carboxylic acids is 1. The van der Waals surface area contributed by atoms with Gasteiger partial charge in [-0.15, -0.1) is 0 Å². The average Bonchev–Trinajstić information content (AvgIpc) is 2.43. The Morgan fingerprint density at radius 3 is 2.57 bits per heavy atom. The first-order valence-electron chi connectivity index (χ1n) is 5.89. The number of aryl methyl sites for hydroxylation is 1. The number of hydrogen-bond donors (Lipinski definition) is 2. The van der Waals surface area contributed by atoms with Gasteiger partial charge in [0.15, 0.2) is 0 Å². The molecule has 0 atom stereocenters. The largest absolute Gasteiger partial charge is 0.478 e. The van der Waals surface area contributed by atoms with Crippen molar-refractivity contribution in [3.63, 3.8) is 0 Å². The van der Waals surface area contributed by atoms with Crippen LogP contribution in [-0.2, 0) is 7.05 Å². The number of carbonyl (C=O) groups is 2. The molecular weight excluding hydrogens is 296 g/mol. The average molecular weight is 307 g/mol. The lowest BCUT2D eigenvalue weighted by molar-refractivity contribution is 0.0698. The van der Waals surface area contributed by atoms with Gasteiger partial charge in [-0.25, -0.2) is 4.79 Å². The van der Waals surface area contributed by atoms with Crippen molar-refractivity contribution in [1.82, 2.24) is 4.57 Å². The quantitative estimate of drug-likeness (QED) is 0.907. The van der Waals surface area contributed by atoms with Gasteiger partial charge >= 0.3 is 5.97 Å². The number of benzene rings is 1. The molecule has 7 heteroatoms. The van der Waals surface area contributed by atoms with Gasteiger partial charge in [-0.1, -0.05) is 11.6 Å². The third kappa shape index (κ3) is 3.29. The van der Waals surface area contributed by atoms with Crippen LogP contribution in [-0.4, -0.2) is 21.6 Å². The molecule has 0 spiro atoms. The highest BCUT2D eigenvalue weighted by Crippen LogP contribution is 2.21. The zero-order valence-corrected chi connectivity index (χ0v) is 11.7. The van der Waals surface area contributed by atoms with Crippen molar-refractivity contribution >= 4 is 29.2 Å². The van der Waals surface area contributed by atoms with Gasteiger partial charge in [-0.3, -0.25) is 9.59 Å². The highest BCUT2D eigenvalue weighted by molar-refractivity contribution is 6.31. The van der Waals surface area contributed by atoms with Gasteiger partial charge < -0.3 is 15.0 Å². The van der Waals surface area contributed by atoms with E-state index >= 15 is 0 Å². The van der Waals surface area contributed by atoms with Crippen LogP contribution in [0, 0.1) is 0 Å². The molecule has 0 saturated carbocycles. The summed E-state index contributed by atoms with van der Waals surface area (Å²) in [4.78, 5) is 34.7. The second kappa shape index (κ2) is 5.80. The molecule has 0 unspecified atom stereocenters. The molecule has 6 nitrogen and oxygen atoms in total. The van der Waals surface area contributed by atoms with Crippen LogP contribution < -0.4 is 10.9 Å². The highest BCUT2D eigenvalue weighted by Gasteiger charge is 2.14. The van der Waals surface area contributed by atoms with Crippen molar-refractivity contribution in [2.75, 3.05) is 5.32 Å². The topological polar surface area (TPSA) is 88.4 Å². The van der Waals surface area contributed by atoms with Crippen molar-refractivity contribution in [2.45, 2.75) is 0 Å². The highest BCUT2D eigenvalue weighted by atomic mass is 35.5. The zero-order valence-electron chi connectivity index (χ0n) is 11.0. The minimum Gasteiger partial charge on any atom is -0.478 e. The van der Waals surface area contributed by atoms with Crippen LogP contribution in [0.25, 0.3) is 0 Å². The van der Waals surface area contributed by atoms with Crippen LogP contribution in [0.3, 0.4) is 0 Å². The van der Waals surface area contributed by atoms with Crippen LogP contribution in [0.5, 0.6) is 0 Å². The number of aromatic nitrogens is 1. The van der Waals surface area contributed by atoms with E-state index in [1.54, 1.807) is 7.05 Å². The lowest BCUT2D eigenvalue weighted by Gasteiger charge is -2.09. The van der Waals surface area contributed by atoms with E-state index in [4.69, 9.17) is 16.7 Å². The summed E-state index contributed by atoms with van der Waals surface area (Å²) in [6, 6.07) is 6.74. The lowest BCUT2D eigenvalue weighted by atomic mass is 10.1. The summed E-state index contributed by atoms with van der Waals surface area (Å²) in [5.74, 6) is -1.78. The number of aromatic carboxylic acids is 1. The Labute approximate surface area is 124 Å². The first kappa shape index (κ1) is 14.8. The number of carboxylic acid groups (broad SMARTS) is 1. The van der Waals surface area contributed by atoms with Crippen LogP contribution in [0.2, 0.25) is 5.02 Å². The van der Waals surface area contributed by atoms with Gasteiger partial charge in [0, 0.05) is 29.9 Å².